The van der Waals surface area contributed by atoms with E-state index in [0.717, 1.165) is 12.1 Å². The second-order valence-corrected chi connectivity index (χ2v) is 7.90. The lowest BCUT2D eigenvalue weighted by Gasteiger charge is -2.23. The zero-order valence-corrected chi connectivity index (χ0v) is 16.5. The molecule has 6 heteroatoms. The van der Waals surface area contributed by atoms with E-state index in [0.29, 0.717) is 40.9 Å². The van der Waals surface area contributed by atoms with Crippen molar-refractivity contribution in [3.63, 3.8) is 0 Å². The maximum Gasteiger partial charge on any atom is 0.263 e. The molecule has 0 aromatic heterocycles. The van der Waals surface area contributed by atoms with E-state index in [1.807, 2.05) is 24.0 Å². The number of rotatable bonds is 5. The molecule has 0 radical (unpaired) electrons. The maximum atomic E-state index is 12.8. The van der Waals surface area contributed by atoms with E-state index in [9.17, 15) is 9.59 Å². The summed E-state index contributed by atoms with van der Waals surface area (Å²) in [6, 6.07) is 12.3. The van der Waals surface area contributed by atoms with Gasteiger partial charge in [0.15, 0.2) is 6.10 Å². The molecule has 1 aliphatic carbocycles. The molecule has 1 N–H and O–H groups in total. The molecular weight excluding hydrogens is 376 g/mol. The molecule has 1 fully saturated rings. The number of halogens is 1. The molecule has 2 aromatic rings. The molecule has 1 heterocycles. The second kappa shape index (κ2) is 7.84. The molecule has 1 saturated carbocycles. The van der Waals surface area contributed by atoms with E-state index in [2.05, 4.69) is 5.32 Å². The number of hydrogen-bond acceptors (Lipinski definition) is 3. The van der Waals surface area contributed by atoms with Gasteiger partial charge in [0.25, 0.3) is 11.8 Å². The molecule has 28 heavy (non-hydrogen) atoms. The fourth-order valence-corrected chi connectivity index (χ4v) is 3.54. The van der Waals surface area contributed by atoms with Gasteiger partial charge in [-0.2, -0.15) is 0 Å². The second-order valence-electron chi connectivity index (χ2n) is 7.46. The molecular formula is C22H23ClN2O3. The molecule has 0 saturated heterocycles. The van der Waals surface area contributed by atoms with E-state index < -0.39 is 6.10 Å². The van der Waals surface area contributed by atoms with Crippen LogP contribution in [0.5, 0.6) is 5.75 Å². The molecule has 5 nitrogen and oxygen atoms in total. The number of fused-ring (bicyclic) bond motifs is 1. The van der Waals surface area contributed by atoms with Crippen LogP contribution in [-0.4, -0.2) is 29.4 Å². The summed E-state index contributed by atoms with van der Waals surface area (Å²) in [5, 5.41) is 3.50. The van der Waals surface area contributed by atoms with E-state index in [1.165, 1.54) is 12.8 Å². The minimum Gasteiger partial charge on any atom is -0.480 e. The normalized spacial score (nSPS) is 18.9. The fourth-order valence-electron chi connectivity index (χ4n) is 3.42. The van der Waals surface area contributed by atoms with Crippen LogP contribution >= 0.6 is 11.6 Å². The average molecular weight is 399 g/mol. The largest absolute Gasteiger partial charge is 0.480 e. The highest BCUT2D eigenvalue weighted by Gasteiger charge is 2.33. The summed E-state index contributed by atoms with van der Waals surface area (Å²) < 4.78 is 5.99. The smallest absolute Gasteiger partial charge is 0.263 e. The number of ether oxygens (including phenoxy) is 1. The highest BCUT2D eigenvalue weighted by molar-refractivity contribution is 6.30. The maximum absolute atomic E-state index is 12.8. The Morgan fingerprint density at radius 1 is 1.21 bits per heavy atom. The third kappa shape index (κ3) is 4.14. The van der Waals surface area contributed by atoms with Crippen molar-refractivity contribution in [2.24, 2.45) is 5.92 Å². The van der Waals surface area contributed by atoms with Gasteiger partial charge in [0.2, 0.25) is 0 Å². The molecule has 1 aliphatic heterocycles. The number of carbonyl (C=O) groups excluding carboxylic acids is 2. The predicted molar refractivity (Wildman–Crippen MR) is 109 cm³/mol. The van der Waals surface area contributed by atoms with Crippen LogP contribution in [0, 0.1) is 5.92 Å². The van der Waals surface area contributed by atoms with Gasteiger partial charge in [-0.05, 0) is 67.6 Å². The molecule has 0 bridgehead atoms. The van der Waals surface area contributed by atoms with Crippen LogP contribution in [0.25, 0.3) is 0 Å². The molecule has 0 spiro atoms. The summed E-state index contributed by atoms with van der Waals surface area (Å²) in [4.78, 5) is 27.2. The lowest BCUT2D eigenvalue weighted by molar-refractivity contribution is -0.138. The summed E-state index contributed by atoms with van der Waals surface area (Å²) in [7, 11) is 0. The topological polar surface area (TPSA) is 58.6 Å². The molecule has 1 unspecified atom stereocenters. The van der Waals surface area contributed by atoms with Crippen LogP contribution in [0.15, 0.2) is 42.5 Å². The van der Waals surface area contributed by atoms with Crippen LogP contribution in [0.4, 0.5) is 5.69 Å². The van der Waals surface area contributed by atoms with Crippen LogP contribution in [0.3, 0.4) is 0 Å². The minimum absolute atomic E-state index is 0.0531. The first kappa shape index (κ1) is 18.8. The van der Waals surface area contributed by atoms with Gasteiger partial charge in [-0.1, -0.05) is 18.5 Å². The van der Waals surface area contributed by atoms with Crippen molar-refractivity contribution in [1.29, 1.82) is 0 Å². The summed E-state index contributed by atoms with van der Waals surface area (Å²) in [6.07, 6.45) is 2.56. The highest BCUT2D eigenvalue weighted by Crippen LogP contribution is 2.34. The highest BCUT2D eigenvalue weighted by atomic mass is 35.5. The quantitative estimate of drug-likeness (QED) is 0.806. The van der Waals surface area contributed by atoms with Crippen LogP contribution < -0.4 is 10.1 Å². The number of amides is 2. The number of carbonyl (C=O) groups is 2. The third-order valence-electron chi connectivity index (χ3n) is 5.19. The van der Waals surface area contributed by atoms with Gasteiger partial charge >= 0.3 is 0 Å². The molecule has 4 rings (SSSR count). The minimum atomic E-state index is -0.450. The molecule has 2 aromatic carbocycles. The van der Waals surface area contributed by atoms with E-state index in [-0.39, 0.29) is 11.8 Å². The van der Waals surface area contributed by atoms with Gasteiger partial charge in [-0.25, -0.2) is 0 Å². The monoisotopic (exact) mass is 398 g/mol. The zero-order chi connectivity index (χ0) is 19.7. The van der Waals surface area contributed by atoms with Crippen molar-refractivity contribution in [2.45, 2.75) is 38.8 Å². The van der Waals surface area contributed by atoms with Crippen molar-refractivity contribution >= 4 is 29.1 Å². The van der Waals surface area contributed by atoms with Gasteiger partial charge in [0.1, 0.15) is 5.75 Å². The van der Waals surface area contributed by atoms with E-state index in [4.69, 9.17) is 16.3 Å². The number of hydrogen-bond donors (Lipinski definition) is 1. The van der Waals surface area contributed by atoms with Crippen molar-refractivity contribution in [3.05, 3.63) is 58.6 Å². The number of benzene rings is 2. The first-order valence-corrected chi connectivity index (χ1v) is 10.1. The summed E-state index contributed by atoms with van der Waals surface area (Å²) in [6.45, 7) is 3.24. The number of nitrogens with zero attached hydrogens (tertiary/aromatic N) is 1. The Morgan fingerprint density at radius 3 is 2.64 bits per heavy atom. The predicted octanol–water partition coefficient (Wildman–Crippen LogP) is 4.50. The molecule has 2 amide bonds. The number of nitrogens with one attached hydrogen (secondary N) is 1. The first-order chi connectivity index (χ1) is 13.5. The van der Waals surface area contributed by atoms with Gasteiger partial charge in [0, 0.05) is 34.9 Å². The third-order valence-corrected chi connectivity index (χ3v) is 5.44. The Kier molecular flexibility index (Phi) is 5.27. The van der Waals surface area contributed by atoms with E-state index >= 15 is 0 Å². The first-order valence-electron chi connectivity index (χ1n) is 9.68. The summed E-state index contributed by atoms with van der Waals surface area (Å²) >= 11 is 5.88. The van der Waals surface area contributed by atoms with Crippen molar-refractivity contribution in [3.8, 4) is 5.75 Å². The Labute approximate surface area is 169 Å². The number of anilines is 1. The van der Waals surface area contributed by atoms with Gasteiger partial charge in [0.05, 0.1) is 0 Å². The Balaban J connectivity index is 1.55. The van der Waals surface area contributed by atoms with Gasteiger partial charge in [-0.15, -0.1) is 0 Å². The Morgan fingerprint density at radius 2 is 1.96 bits per heavy atom. The van der Waals surface area contributed by atoms with E-state index in [1.54, 1.807) is 30.3 Å². The fraction of sp³-hybridized carbons (Fsp3) is 0.364. The standard InChI is InChI=1S/C22H23ClN2O3/c1-2-19-22(27)25(12-14-3-4-14)13-16-11-18(9-10-20(16)28-19)24-21(26)15-5-7-17(23)8-6-15/h5-11,14,19H,2-4,12-13H2,1H3,(H,24,26). The summed E-state index contributed by atoms with van der Waals surface area (Å²) in [5.41, 5.74) is 2.13. The molecule has 1 atom stereocenters. The Bertz CT molecular complexity index is 893. The van der Waals surface area contributed by atoms with Crippen molar-refractivity contribution in [2.75, 3.05) is 11.9 Å². The van der Waals surface area contributed by atoms with Crippen molar-refractivity contribution in [1.82, 2.24) is 4.90 Å². The zero-order valence-electron chi connectivity index (χ0n) is 15.8. The van der Waals surface area contributed by atoms with Gasteiger partial charge in [-0.3, -0.25) is 9.59 Å². The van der Waals surface area contributed by atoms with Crippen molar-refractivity contribution < 1.29 is 14.3 Å². The lowest BCUT2D eigenvalue weighted by Crippen LogP contribution is -2.40. The van der Waals surface area contributed by atoms with Crippen LogP contribution in [0.2, 0.25) is 5.02 Å². The lowest BCUT2D eigenvalue weighted by atomic mass is 10.1. The van der Waals surface area contributed by atoms with Crippen LogP contribution in [-0.2, 0) is 11.3 Å². The SMILES string of the molecule is CCC1Oc2ccc(NC(=O)c3ccc(Cl)cc3)cc2CN(CC2CC2)C1=O. The van der Waals surface area contributed by atoms with Gasteiger partial charge < -0.3 is 15.0 Å². The summed E-state index contributed by atoms with van der Waals surface area (Å²) in [5.74, 6) is 1.17. The molecule has 146 valence electrons. The Hall–Kier alpha value is -2.53. The molecule has 2 aliphatic rings. The van der Waals surface area contributed by atoms with Crippen LogP contribution in [0.1, 0.15) is 42.1 Å². The average Bonchev–Trinajstić information content (AvgIpc) is 3.51.